The maximum Gasteiger partial charge on any atom is 0.244 e. The lowest BCUT2D eigenvalue weighted by Gasteiger charge is -2.30. The first-order chi connectivity index (χ1) is 10.1. The second kappa shape index (κ2) is 5.78. The zero-order valence-electron chi connectivity index (χ0n) is 11.6. The smallest absolute Gasteiger partial charge is 0.244 e. The first-order valence-corrected chi connectivity index (χ1v) is 9.03. The van der Waals surface area contributed by atoms with Gasteiger partial charge in [0.15, 0.2) is 0 Å². The van der Waals surface area contributed by atoms with Gasteiger partial charge in [0.25, 0.3) is 0 Å². The standard InChI is InChI=1S/C13H16N4O2S2/c1-10-15-16-13(20-10)11-4-3-7-17(9-11)21(18,19)12-5-2-6-14-8-12/h2,5-6,8,11H,3-4,7,9H2,1H3. The quantitative estimate of drug-likeness (QED) is 0.860. The van der Waals surface area contributed by atoms with E-state index in [-0.39, 0.29) is 10.8 Å². The summed E-state index contributed by atoms with van der Waals surface area (Å²) in [4.78, 5) is 4.15. The molecule has 0 spiro atoms. The Morgan fingerprint density at radius 2 is 2.24 bits per heavy atom. The Labute approximate surface area is 127 Å². The highest BCUT2D eigenvalue weighted by molar-refractivity contribution is 7.89. The first kappa shape index (κ1) is 14.6. The van der Waals surface area contributed by atoms with Gasteiger partial charge in [0.2, 0.25) is 10.0 Å². The number of aryl methyl sites for hydroxylation is 1. The Balaban J connectivity index is 1.83. The number of hydrogen-bond donors (Lipinski definition) is 0. The van der Waals surface area contributed by atoms with Crippen LogP contribution in [0.25, 0.3) is 0 Å². The molecule has 1 saturated heterocycles. The van der Waals surface area contributed by atoms with E-state index < -0.39 is 10.0 Å². The highest BCUT2D eigenvalue weighted by Gasteiger charge is 2.32. The summed E-state index contributed by atoms with van der Waals surface area (Å²) in [5, 5.41) is 10.0. The second-order valence-corrected chi connectivity index (χ2v) is 8.20. The Kier molecular flexibility index (Phi) is 4.01. The molecule has 112 valence electrons. The number of rotatable bonds is 3. The maximum atomic E-state index is 12.6. The van der Waals surface area contributed by atoms with Crippen LogP contribution in [0.1, 0.15) is 28.8 Å². The summed E-state index contributed by atoms with van der Waals surface area (Å²) in [6.07, 6.45) is 4.76. The maximum absolute atomic E-state index is 12.6. The van der Waals surface area contributed by atoms with E-state index in [1.807, 2.05) is 6.92 Å². The fourth-order valence-corrected chi connectivity index (χ4v) is 4.80. The van der Waals surface area contributed by atoms with Gasteiger partial charge in [-0.15, -0.1) is 21.5 Å². The number of nitrogens with zero attached hydrogens (tertiary/aromatic N) is 4. The molecular weight excluding hydrogens is 308 g/mol. The van der Waals surface area contributed by atoms with Crippen molar-refractivity contribution < 1.29 is 8.42 Å². The molecule has 0 amide bonds. The molecular formula is C13H16N4O2S2. The van der Waals surface area contributed by atoms with Crippen molar-refractivity contribution in [2.24, 2.45) is 0 Å². The molecule has 0 aliphatic carbocycles. The molecule has 1 fully saturated rings. The van der Waals surface area contributed by atoms with Crippen molar-refractivity contribution in [3.8, 4) is 0 Å². The topological polar surface area (TPSA) is 76.1 Å². The van der Waals surface area contributed by atoms with E-state index in [0.717, 1.165) is 22.9 Å². The molecule has 1 aliphatic heterocycles. The van der Waals surface area contributed by atoms with Crippen LogP contribution in [0.3, 0.4) is 0 Å². The van der Waals surface area contributed by atoms with Crippen LogP contribution in [0.2, 0.25) is 0 Å². The molecule has 1 unspecified atom stereocenters. The van der Waals surface area contributed by atoms with Gasteiger partial charge in [-0.25, -0.2) is 8.42 Å². The van der Waals surface area contributed by atoms with Gasteiger partial charge in [-0.1, -0.05) is 0 Å². The average Bonchev–Trinajstić information content (AvgIpc) is 2.95. The molecule has 8 heteroatoms. The molecule has 0 saturated carbocycles. The van der Waals surface area contributed by atoms with Crippen LogP contribution in [0.4, 0.5) is 0 Å². The van der Waals surface area contributed by atoms with Crippen molar-refractivity contribution in [2.45, 2.75) is 30.6 Å². The molecule has 0 aromatic carbocycles. The molecule has 0 bridgehead atoms. The number of sulfonamides is 1. The van der Waals surface area contributed by atoms with Crippen molar-refractivity contribution >= 4 is 21.4 Å². The van der Waals surface area contributed by atoms with E-state index >= 15 is 0 Å². The molecule has 1 aliphatic rings. The molecule has 2 aromatic heterocycles. The highest BCUT2D eigenvalue weighted by atomic mass is 32.2. The first-order valence-electron chi connectivity index (χ1n) is 6.77. The molecule has 6 nitrogen and oxygen atoms in total. The molecule has 3 heterocycles. The van der Waals surface area contributed by atoms with Crippen LogP contribution in [-0.2, 0) is 10.0 Å². The third kappa shape index (κ3) is 2.97. The minimum Gasteiger partial charge on any atom is -0.263 e. The van der Waals surface area contributed by atoms with Crippen molar-refractivity contribution in [1.29, 1.82) is 0 Å². The zero-order valence-corrected chi connectivity index (χ0v) is 13.3. The van der Waals surface area contributed by atoms with Gasteiger partial charge < -0.3 is 0 Å². The SMILES string of the molecule is Cc1nnc(C2CCCN(S(=O)(=O)c3cccnc3)C2)s1. The molecule has 0 N–H and O–H groups in total. The minimum absolute atomic E-state index is 0.136. The van der Waals surface area contributed by atoms with Crippen molar-refractivity contribution in [3.05, 3.63) is 34.5 Å². The fraction of sp³-hybridized carbons (Fsp3) is 0.462. The zero-order chi connectivity index (χ0) is 14.9. The van der Waals surface area contributed by atoms with Crippen molar-refractivity contribution in [2.75, 3.05) is 13.1 Å². The van der Waals surface area contributed by atoms with Crippen LogP contribution < -0.4 is 0 Å². The van der Waals surface area contributed by atoms with Crippen LogP contribution >= 0.6 is 11.3 Å². The lowest BCUT2D eigenvalue weighted by molar-refractivity contribution is 0.314. The van der Waals surface area contributed by atoms with Gasteiger partial charge in [0.1, 0.15) is 14.9 Å². The van der Waals surface area contributed by atoms with E-state index in [9.17, 15) is 8.42 Å². The Hall–Kier alpha value is -1.38. The van der Waals surface area contributed by atoms with Crippen LogP contribution in [0, 0.1) is 6.92 Å². The van der Waals surface area contributed by atoms with E-state index in [1.54, 1.807) is 29.7 Å². The van der Waals surface area contributed by atoms with E-state index in [4.69, 9.17) is 0 Å². The summed E-state index contributed by atoms with van der Waals surface area (Å²) in [6.45, 7) is 2.92. The van der Waals surface area contributed by atoms with Crippen LogP contribution in [0.5, 0.6) is 0 Å². The summed E-state index contributed by atoms with van der Waals surface area (Å²) in [7, 11) is -3.47. The van der Waals surface area contributed by atoms with Crippen LogP contribution in [-0.4, -0.2) is 41.0 Å². The third-order valence-corrected chi connectivity index (χ3v) is 6.40. The van der Waals surface area contributed by atoms with E-state index in [2.05, 4.69) is 15.2 Å². The van der Waals surface area contributed by atoms with Gasteiger partial charge in [-0.2, -0.15) is 4.31 Å². The predicted octanol–water partition coefficient (Wildman–Crippen LogP) is 1.81. The minimum atomic E-state index is -3.47. The Morgan fingerprint density at radius 1 is 1.38 bits per heavy atom. The molecule has 21 heavy (non-hydrogen) atoms. The lowest BCUT2D eigenvalue weighted by atomic mass is 10.0. The Morgan fingerprint density at radius 3 is 2.90 bits per heavy atom. The fourth-order valence-electron chi connectivity index (χ4n) is 2.49. The monoisotopic (exact) mass is 324 g/mol. The number of pyridine rings is 1. The number of hydrogen-bond acceptors (Lipinski definition) is 6. The summed E-state index contributed by atoms with van der Waals surface area (Å²) >= 11 is 1.55. The predicted molar refractivity (Wildman–Crippen MR) is 79.6 cm³/mol. The largest absolute Gasteiger partial charge is 0.263 e. The summed E-state index contributed by atoms with van der Waals surface area (Å²) in [5.74, 6) is 0.136. The average molecular weight is 324 g/mol. The van der Waals surface area contributed by atoms with Gasteiger partial charge in [0, 0.05) is 31.4 Å². The highest BCUT2D eigenvalue weighted by Crippen LogP contribution is 2.31. The molecule has 3 rings (SSSR count). The van der Waals surface area contributed by atoms with Gasteiger partial charge in [-0.3, -0.25) is 4.98 Å². The second-order valence-electron chi connectivity index (χ2n) is 5.05. The number of piperidine rings is 1. The normalized spacial score (nSPS) is 20.5. The molecule has 0 radical (unpaired) electrons. The third-order valence-electron chi connectivity index (χ3n) is 3.55. The van der Waals surface area contributed by atoms with E-state index in [1.165, 1.54) is 10.5 Å². The number of aromatic nitrogens is 3. The van der Waals surface area contributed by atoms with E-state index in [0.29, 0.717) is 13.1 Å². The van der Waals surface area contributed by atoms with Crippen LogP contribution in [0.15, 0.2) is 29.4 Å². The Bertz CT molecular complexity index is 715. The van der Waals surface area contributed by atoms with Gasteiger partial charge in [0.05, 0.1) is 0 Å². The van der Waals surface area contributed by atoms with Crippen molar-refractivity contribution in [1.82, 2.24) is 19.5 Å². The summed E-state index contributed by atoms with van der Waals surface area (Å²) in [5.41, 5.74) is 0. The summed E-state index contributed by atoms with van der Waals surface area (Å²) in [6, 6.07) is 3.23. The summed E-state index contributed by atoms with van der Waals surface area (Å²) < 4.78 is 26.8. The molecule has 1 atom stereocenters. The van der Waals surface area contributed by atoms with Gasteiger partial charge >= 0.3 is 0 Å². The van der Waals surface area contributed by atoms with Gasteiger partial charge in [-0.05, 0) is 31.9 Å². The van der Waals surface area contributed by atoms with Crippen molar-refractivity contribution in [3.63, 3.8) is 0 Å². The lowest BCUT2D eigenvalue weighted by Crippen LogP contribution is -2.39. The molecule has 2 aromatic rings.